The van der Waals surface area contributed by atoms with Gasteiger partial charge in [-0.15, -0.1) is 11.3 Å². The molecule has 0 saturated carbocycles. The predicted molar refractivity (Wildman–Crippen MR) is 71.5 cm³/mol. The van der Waals surface area contributed by atoms with Crippen molar-refractivity contribution in [1.82, 2.24) is 9.97 Å². The quantitative estimate of drug-likeness (QED) is 0.735. The average molecular weight is 307 g/mol. The number of rotatable bonds is 2. The van der Waals surface area contributed by atoms with Crippen molar-refractivity contribution >= 4 is 44.1 Å². The van der Waals surface area contributed by atoms with Crippen molar-refractivity contribution in [2.24, 2.45) is 0 Å². The fourth-order valence-corrected chi connectivity index (χ4v) is 2.72. The highest BCUT2D eigenvalue weighted by molar-refractivity contribution is 9.10. The largest absolute Gasteiger partial charge is 0.345 e. The first-order valence-electron chi connectivity index (χ1n) is 4.96. The lowest BCUT2D eigenvalue weighted by molar-refractivity contribution is 0.104. The van der Waals surface area contributed by atoms with Crippen molar-refractivity contribution in [3.8, 4) is 0 Å². The SMILES string of the molecule is O=C(c1cccs1)c1c[nH]c2ncc(Br)cc12. The molecule has 0 amide bonds. The van der Waals surface area contributed by atoms with Crippen molar-refractivity contribution < 1.29 is 4.79 Å². The van der Waals surface area contributed by atoms with E-state index in [2.05, 4.69) is 25.9 Å². The summed E-state index contributed by atoms with van der Waals surface area (Å²) in [4.78, 5) is 20.2. The molecule has 0 aromatic carbocycles. The molecule has 3 nitrogen and oxygen atoms in total. The Hall–Kier alpha value is -1.46. The number of pyridine rings is 1. The van der Waals surface area contributed by atoms with Gasteiger partial charge in [-0.3, -0.25) is 4.79 Å². The van der Waals surface area contributed by atoms with Crippen molar-refractivity contribution in [2.75, 3.05) is 0 Å². The van der Waals surface area contributed by atoms with Crippen LogP contribution in [0, 0.1) is 0 Å². The van der Waals surface area contributed by atoms with E-state index in [0.717, 1.165) is 20.4 Å². The van der Waals surface area contributed by atoms with Gasteiger partial charge in [0.05, 0.1) is 10.4 Å². The van der Waals surface area contributed by atoms with E-state index in [1.54, 1.807) is 12.4 Å². The summed E-state index contributed by atoms with van der Waals surface area (Å²) in [5.74, 6) is 0.0335. The van der Waals surface area contributed by atoms with Crippen LogP contribution in [-0.4, -0.2) is 15.8 Å². The van der Waals surface area contributed by atoms with E-state index in [4.69, 9.17) is 0 Å². The number of ketones is 1. The zero-order valence-electron chi connectivity index (χ0n) is 8.61. The van der Waals surface area contributed by atoms with E-state index in [9.17, 15) is 4.79 Å². The van der Waals surface area contributed by atoms with Crippen LogP contribution in [0.15, 0.2) is 40.4 Å². The van der Waals surface area contributed by atoms with Gasteiger partial charge in [0, 0.05) is 22.3 Å². The minimum absolute atomic E-state index is 0.0335. The van der Waals surface area contributed by atoms with Crippen molar-refractivity contribution in [3.63, 3.8) is 0 Å². The third-order valence-electron chi connectivity index (χ3n) is 2.49. The highest BCUT2D eigenvalue weighted by atomic mass is 79.9. The van der Waals surface area contributed by atoms with E-state index in [-0.39, 0.29) is 5.78 Å². The van der Waals surface area contributed by atoms with E-state index >= 15 is 0 Å². The molecule has 0 bridgehead atoms. The minimum Gasteiger partial charge on any atom is -0.345 e. The second-order valence-corrected chi connectivity index (χ2v) is 5.42. The van der Waals surface area contributed by atoms with Gasteiger partial charge in [-0.25, -0.2) is 4.98 Å². The van der Waals surface area contributed by atoms with Crippen molar-refractivity contribution in [3.05, 3.63) is 50.9 Å². The van der Waals surface area contributed by atoms with Crippen molar-refractivity contribution in [1.29, 1.82) is 0 Å². The van der Waals surface area contributed by atoms with Crippen LogP contribution in [0.25, 0.3) is 11.0 Å². The smallest absolute Gasteiger partial charge is 0.205 e. The van der Waals surface area contributed by atoms with Crippen LogP contribution in [0.2, 0.25) is 0 Å². The number of nitrogens with one attached hydrogen (secondary N) is 1. The summed E-state index contributed by atoms with van der Waals surface area (Å²) in [5, 5.41) is 2.74. The summed E-state index contributed by atoms with van der Waals surface area (Å²) in [5.41, 5.74) is 1.39. The van der Waals surface area contributed by atoms with Crippen LogP contribution in [0.4, 0.5) is 0 Å². The third-order valence-corrected chi connectivity index (χ3v) is 3.79. The molecule has 0 aliphatic heterocycles. The summed E-state index contributed by atoms with van der Waals surface area (Å²) in [6.45, 7) is 0. The number of fused-ring (bicyclic) bond motifs is 1. The molecule has 0 spiro atoms. The van der Waals surface area contributed by atoms with Gasteiger partial charge < -0.3 is 4.98 Å². The second-order valence-electron chi connectivity index (χ2n) is 3.56. The highest BCUT2D eigenvalue weighted by Crippen LogP contribution is 2.24. The Morgan fingerprint density at radius 2 is 2.35 bits per heavy atom. The summed E-state index contributed by atoms with van der Waals surface area (Å²) in [7, 11) is 0. The Balaban J connectivity index is 2.18. The van der Waals surface area contributed by atoms with Crippen LogP contribution in [0.3, 0.4) is 0 Å². The topological polar surface area (TPSA) is 45.8 Å². The van der Waals surface area contributed by atoms with Gasteiger partial charge in [0.2, 0.25) is 5.78 Å². The molecule has 3 aromatic rings. The molecular weight excluding hydrogens is 300 g/mol. The fourth-order valence-electron chi connectivity index (χ4n) is 1.71. The van der Waals surface area contributed by atoms with E-state index < -0.39 is 0 Å². The first kappa shape index (κ1) is 10.7. The first-order chi connectivity index (χ1) is 8.25. The van der Waals surface area contributed by atoms with E-state index in [1.807, 2.05) is 23.6 Å². The lowest BCUT2D eigenvalue weighted by atomic mass is 10.1. The lowest BCUT2D eigenvalue weighted by Gasteiger charge is -1.96. The number of halogens is 1. The van der Waals surface area contributed by atoms with Gasteiger partial charge in [-0.2, -0.15) is 0 Å². The highest BCUT2D eigenvalue weighted by Gasteiger charge is 2.15. The van der Waals surface area contributed by atoms with Crippen molar-refractivity contribution in [2.45, 2.75) is 0 Å². The van der Waals surface area contributed by atoms with E-state index in [0.29, 0.717) is 5.56 Å². The number of carbonyl (C=O) groups excluding carboxylic acids is 1. The van der Waals surface area contributed by atoms with Gasteiger partial charge in [0.25, 0.3) is 0 Å². The standard InChI is InChI=1S/C12H7BrN2OS/c13-7-4-8-9(6-15-12(8)14-5-7)11(16)10-2-1-3-17-10/h1-6H,(H,14,15). The summed E-state index contributed by atoms with van der Waals surface area (Å²) in [6.07, 6.45) is 3.42. The normalized spacial score (nSPS) is 10.9. The molecule has 0 atom stereocenters. The van der Waals surface area contributed by atoms with E-state index in [1.165, 1.54) is 11.3 Å². The number of carbonyl (C=O) groups is 1. The van der Waals surface area contributed by atoms with Crippen LogP contribution < -0.4 is 0 Å². The first-order valence-corrected chi connectivity index (χ1v) is 6.64. The molecule has 3 aromatic heterocycles. The third kappa shape index (κ3) is 1.81. The van der Waals surface area contributed by atoms with Gasteiger partial charge in [0.1, 0.15) is 5.65 Å². The predicted octanol–water partition coefficient (Wildman–Crippen LogP) is 3.62. The fraction of sp³-hybridized carbons (Fsp3) is 0. The maximum absolute atomic E-state index is 12.2. The van der Waals surface area contributed by atoms with Crippen LogP contribution >= 0.6 is 27.3 Å². The van der Waals surface area contributed by atoms with Crippen LogP contribution in [0.5, 0.6) is 0 Å². The number of aromatic nitrogens is 2. The molecule has 0 saturated heterocycles. The van der Waals surface area contributed by atoms with Gasteiger partial charge >= 0.3 is 0 Å². The Labute approximate surface area is 110 Å². The molecule has 0 unspecified atom stereocenters. The Morgan fingerprint density at radius 3 is 3.12 bits per heavy atom. The molecule has 5 heteroatoms. The van der Waals surface area contributed by atoms with Gasteiger partial charge in [-0.05, 0) is 33.4 Å². The summed E-state index contributed by atoms with van der Waals surface area (Å²) < 4.78 is 0.866. The molecule has 84 valence electrons. The summed E-state index contributed by atoms with van der Waals surface area (Å²) >= 11 is 4.81. The number of H-pyrrole nitrogens is 1. The molecule has 0 aliphatic carbocycles. The van der Waals surface area contributed by atoms with Gasteiger partial charge in [0.15, 0.2) is 0 Å². The van der Waals surface area contributed by atoms with Crippen LogP contribution in [0.1, 0.15) is 15.2 Å². The Bertz CT molecular complexity index is 688. The molecule has 0 aliphatic rings. The Kier molecular flexibility index (Phi) is 2.57. The van der Waals surface area contributed by atoms with Gasteiger partial charge in [-0.1, -0.05) is 6.07 Å². The lowest BCUT2D eigenvalue weighted by Crippen LogP contribution is -1.96. The second kappa shape index (κ2) is 4.09. The number of hydrogen-bond acceptors (Lipinski definition) is 3. The average Bonchev–Trinajstić information content (AvgIpc) is 2.97. The number of aromatic amines is 1. The molecule has 0 fully saturated rings. The number of thiophene rings is 1. The molecular formula is C12H7BrN2OS. The molecule has 1 N–H and O–H groups in total. The molecule has 3 rings (SSSR count). The zero-order valence-corrected chi connectivity index (χ0v) is 11.0. The zero-order chi connectivity index (χ0) is 11.8. The minimum atomic E-state index is 0.0335. The monoisotopic (exact) mass is 306 g/mol. The number of hydrogen-bond donors (Lipinski definition) is 1. The maximum Gasteiger partial charge on any atom is 0.205 e. The number of nitrogens with zero attached hydrogens (tertiary/aromatic N) is 1. The molecule has 0 radical (unpaired) electrons. The maximum atomic E-state index is 12.2. The van der Waals surface area contributed by atoms with Crippen LogP contribution in [-0.2, 0) is 0 Å². The molecule has 17 heavy (non-hydrogen) atoms. The summed E-state index contributed by atoms with van der Waals surface area (Å²) in [6, 6.07) is 5.61. The Morgan fingerprint density at radius 1 is 1.47 bits per heavy atom. The molecule has 3 heterocycles.